The Morgan fingerprint density at radius 2 is 0.609 bits per heavy atom. The maximum atomic E-state index is 2.55. The molecule has 46 heavy (non-hydrogen) atoms. The number of benzene rings is 4. The van der Waals surface area contributed by atoms with Gasteiger partial charge in [-0.05, 0) is 112 Å². The van der Waals surface area contributed by atoms with E-state index in [1.54, 1.807) is 0 Å². The minimum atomic E-state index is -0.0917. The summed E-state index contributed by atoms with van der Waals surface area (Å²) >= 11 is 0. The van der Waals surface area contributed by atoms with Crippen molar-refractivity contribution in [2.45, 2.75) is 143 Å². The lowest BCUT2D eigenvalue weighted by molar-refractivity contribution is 0.579. The van der Waals surface area contributed by atoms with E-state index in [9.17, 15) is 0 Å². The Morgan fingerprint density at radius 1 is 0.326 bits per heavy atom. The van der Waals surface area contributed by atoms with E-state index < -0.39 is 0 Å². The summed E-state index contributed by atoms with van der Waals surface area (Å²) in [5.41, 5.74) is 20.0. The van der Waals surface area contributed by atoms with Crippen molar-refractivity contribution in [2.24, 2.45) is 0 Å². The maximum absolute atomic E-state index is 2.55. The third-order valence-corrected chi connectivity index (χ3v) is 11.3. The van der Waals surface area contributed by atoms with Gasteiger partial charge in [0.1, 0.15) is 0 Å². The van der Waals surface area contributed by atoms with Gasteiger partial charge in [0.15, 0.2) is 0 Å². The standard InChI is InChI=1S/C46H58/c1-41(2,3)27-17-19-31-35(23-27)45(13,14)37-25-29(43(7,8)9)21-33(39(31)37)34-22-30(44(10,11)12)26-38-40(34)32-20-18-28(42(4,5)6)24-36(32)46(38,15)16/h17-26H,1-16H3. The van der Waals surface area contributed by atoms with Crippen molar-refractivity contribution in [1.82, 2.24) is 0 Å². The summed E-state index contributed by atoms with van der Waals surface area (Å²) in [6.45, 7) is 38.0. The molecule has 4 aromatic rings. The van der Waals surface area contributed by atoms with E-state index in [1.165, 1.54) is 77.9 Å². The van der Waals surface area contributed by atoms with Crippen LogP contribution in [0.4, 0.5) is 0 Å². The summed E-state index contributed by atoms with van der Waals surface area (Å²) < 4.78 is 0. The molecule has 2 aliphatic rings. The van der Waals surface area contributed by atoms with Gasteiger partial charge in [-0.15, -0.1) is 0 Å². The molecule has 0 nitrogen and oxygen atoms in total. The number of hydrogen-bond acceptors (Lipinski definition) is 0. The maximum Gasteiger partial charge on any atom is 0.0159 e. The first-order valence-corrected chi connectivity index (χ1v) is 17.5. The highest BCUT2D eigenvalue weighted by Gasteiger charge is 2.42. The van der Waals surface area contributed by atoms with Crippen LogP contribution in [0.5, 0.6) is 0 Å². The van der Waals surface area contributed by atoms with Crippen molar-refractivity contribution >= 4 is 0 Å². The fraction of sp³-hybridized carbons (Fsp3) is 0.478. The summed E-state index contributed by atoms with van der Waals surface area (Å²) in [7, 11) is 0. The second-order valence-corrected chi connectivity index (χ2v) is 19.7. The lowest BCUT2D eigenvalue weighted by Gasteiger charge is -2.29. The summed E-state index contributed by atoms with van der Waals surface area (Å²) in [5.74, 6) is 0. The molecule has 0 radical (unpaired) electrons. The zero-order valence-electron chi connectivity index (χ0n) is 31.8. The molecule has 0 amide bonds. The summed E-state index contributed by atoms with van der Waals surface area (Å²) in [6.07, 6.45) is 0. The van der Waals surface area contributed by atoms with Gasteiger partial charge in [0, 0.05) is 10.8 Å². The largest absolute Gasteiger partial charge is 0.0579 e. The van der Waals surface area contributed by atoms with E-state index in [0.29, 0.717) is 0 Å². The third kappa shape index (κ3) is 4.93. The van der Waals surface area contributed by atoms with Crippen LogP contribution < -0.4 is 0 Å². The Labute approximate surface area is 281 Å². The topological polar surface area (TPSA) is 0 Å². The smallest absolute Gasteiger partial charge is 0.0159 e. The van der Waals surface area contributed by atoms with E-state index in [0.717, 1.165) is 0 Å². The van der Waals surface area contributed by atoms with Crippen LogP contribution in [0.15, 0.2) is 60.7 Å². The van der Waals surface area contributed by atoms with Gasteiger partial charge in [0.2, 0.25) is 0 Å². The Balaban J connectivity index is 1.77. The molecular weight excluding hydrogens is 553 g/mol. The molecular formula is C46H58. The monoisotopic (exact) mass is 610 g/mol. The van der Waals surface area contributed by atoms with E-state index >= 15 is 0 Å². The molecule has 242 valence electrons. The molecule has 0 unspecified atom stereocenters. The molecule has 0 spiro atoms. The Morgan fingerprint density at radius 3 is 0.891 bits per heavy atom. The molecule has 0 aromatic heterocycles. The molecule has 0 aliphatic heterocycles. The molecule has 0 saturated carbocycles. The van der Waals surface area contributed by atoms with Crippen LogP contribution in [0.2, 0.25) is 0 Å². The van der Waals surface area contributed by atoms with Crippen LogP contribution in [0.25, 0.3) is 33.4 Å². The van der Waals surface area contributed by atoms with E-state index in [2.05, 4.69) is 171 Å². The molecule has 0 fully saturated rings. The molecule has 0 heterocycles. The van der Waals surface area contributed by atoms with Crippen molar-refractivity contribution in [3.8, 4) is 33.4 Å². The molecule has 4 aromatic carbocycles. The predicted molar refractivity (Wildman–Crippen MR) is 202 cm³/mol. The van der Waals surface area contributed by atoms with Crippen LogP contribution in [-0.2, 0) is 32.5 Å². The molecule has 0 N–H and O–H groups in total. The first-order chi connectivity index (χ1) is 20.8. The zero-order valence-corrected chi connectivity index (χ0v) is 31.8. The number of fused-ring (bicyclic) bond motifs is 6. The predicted octanol–water partition coefficient (Wildman–Crippen LogP) is 13.2. The highest BCUT2D eigenvalue weighted by molar-refractivity contribution is 6.01. The second-order valence-electron chi connectivity index (χ2n) is 19.7. The van der Waals surface area contributed by atoms with Crippen molar-refractivity contribution in [1.29, 1.82) is 0 Å². The third-order valence-electron chi connectivity index (χ3n) is 11.3. The fourth-order valence-electron chi connectivity index (χ4n) is 7.92. The average Bonchev–Trinajstić information content (AvgIpc) is 3.29. The minimum Gasteiger partial charge on any atom is -0.0579 e. The summed E-state index contributed by atoms with van der Waals surface area (Å²) in [6, 6.07) is 24.8. The quantitative estimate of drug-likeness (QED) is 0.201. The van der Waals surface area contributed by atoms with Crippen LogP contribution in [-0.4, -0.2) is 0 Å². The second kappa shape index (κ2) is 9.71. The van der Waals surface area contributed by atoms with E-state index in [1.807, 2.05) is 0 Å². The van der Waals surface area contributed by atoms with Gasteiger partial charge >= 0.3 is 0 Å². The van der Waals surface area contributed by atoms with Gasteiger partial charge in [-0.25, -0.2) is 0 Å². The van der Waals surface area contributed by atoms with Gasteiger partial charge in [0.25, 0.3) is 0 Å². The number of hydrogen-bond donors (Lipinski definition) is 0. The zero-order chi connectivity index (χ0) is 34.2. The summed E-state index contributed by atoms with van der Waals surface area (Å²) in [5, 5.41) is 0. The Bertz CT molecular complexity index is 1750. The van der Waals surface area contributed by atoms with Gasteiger partial charge in [0.05, 0.1) is 0 Å². The normalized spacial score (nSPS) is 16.6. The number of rotatable bonds is 1. The lowest BCUT2D eigenvalue weighted by atomic mass is 9.74. The Kier molecular flexibility index (Phi) is 6.93. The lowest BCUT2D eigenvalue weighted by Crippen LogP contribution is -2.20. The van der Waals surface area contributed by atoms with Gasteiger partial charge in [-0.1, -0.05) is 159 Å². The van der Waals surface area contributed by atoms with Crippen LogP contribution in [0.1, 0.15) is 155 Å². The van der Waals surface area contributed by atoms with Gasteiger partial charge < -0.3 is 0 Å². The summed E-state index contributed by atoms with van der Waals surface area (Å²) in [4.78, 5) is 0. The first-order valence-electron chi connectivity index (χ1n) is 17.5. The highest BCUT2D eigenvalue weighted by Crippen LogP contribution is 2.59. The molecule has 0 bridgehead atoms. The minimum absolute atomic E-state index is 0.0226. The molecule has 2 aliphatic carbocycles. The van der Waals surface area contributed by atoms with Gasteiger partial charge in [-0.3, -0.25) is 0 Å². The van der Waals surface area contributed by atoms with Crippen molar-refractivity contribution in [2.75, 3.05) is 0 Å². The van der Waals surface area contributed by atoms with Crippen molar-refractivity contribution in [3.63, 3.8) is 0 Å². The van der Waals surface area contributed by atoms with Crippen molar-refractivity contribution in [3.05, 3.63) is 105 Å². The fourth-order valence-corrected chi connectivity index (χ4v) is 7.92. The molecule has 0 atom stereocenters. The van der Waals surface area contributed by atoms with Crippen LogP contribution in [0.3, 0.4) is 0 Å². The molecule has 0 saturated heterocycles. The van der Waals surface area contributed by atoms with Crippen LogP contribution >= 0.6 is 0 Å². The molecule has 0 heteroatoms. The van der Waals surface area contributed by atoms with Gasteiger partial charge in [-0.2, -0.15) is 0 Å². The van der Waals surface area contributed by atoms with Crippen molar-refractivity contribution < 1.29 is 0 Å². The molecule has 6 rings (SSSR count). The highest BCUT2D eigenvalue weighted by atomic mass is 14.5. The first kappa shape index (κ1) is 32.8. The SMILES string of the molecule is CC(C)(C)c1ccc2c(c1)C(C)(C)c1cc(C(C)(C)C)cc(-c3cc(C(C)(C)C)cc4c3-c3ccc(C(C)(C)C)cc3C4(C)C)c1-2. The Hall–Kier alpha value is -3.12. The van der Waals surface area contributed by atoms with Crippen LogP contribution in [0, 0.1) is 0 Å². The van der Waals surface area contributed by atoms with E-state index in [-0.39, 0.29) is 32.5 Å². The van der Waals surface area contributed by atoms with E-state index in [4.69, 9.17) is 0 Å². The average molecular weight is 611 g/mol.